The number of aliphatic carboxylic acids is 1. The number of hydrogen-bond donors (Lipinski definition) is 1. The number of alkyl halides is 2. The van der Waals surface area contributed by atoms with Gasteiger partial charge in [-0.25, -0.2) is 9.78 Å². The summed E-state index contributed by atoms with van der Waals surface area (Å²) in [5.41, 5.74) is -0.682. The van der Waals surface area contributed by atoms with Crippen molar-refractivity contribution in [2.24, 2.45) is 0 Å². The molecule has 0 atom stereocenters. The smallest absolute Gasteiger partial charge is 0.385 e. The van der Waals surface area contributed by atoms with E-state index < -0.39 is 17.6 Å². The molecular formula is C8H9F2NO2S. The number of rotatable bonds is 3. The van der Waals surface area contributed by atoms with Gasteiger partial charge in [0.2, 0.25) is 0 Å². The molecule has 0 unspecified atom stereocenters. The minimum atomic E-state index is -3.89. The second-order valence-electron chi connectivity index (χ2n) is 3.11. The lowest BCUT2D eigenvalue weighted by Crippen LogP contribution is -2.25. The largest absolute Gasteiger partial charge is 0.476 e. The fourth-order valence-electron chi connectivity index (χ4n) is 0.807. The molecular weight excluding hydrogens is 212 g/mol. The van der Waals surface area contributed by atoms with Crippen molar-refractivity contribution < 1.29 is 18.7 Å². The number of halogens is 2. The van der Waals surface area contributed by atoms with Crippen LogP contribution in [0.15, 0.2) is 5.38 Å². The zero-order valence-corrected chi connectivity index (χ0v) is 8.44. The van der Waals surface area contributed by atoms with E-state index in [0.29, 0.717) is 5.01 Å². The Kier molecular flexibility index (Phi) is 2.84. The highest BCUT2D eigenvalue weighted by atomic mass is 32.1. The summed E-state index contributed by atoms with van der Waals surface area (Å²) in [5.74, 6) is -6.03. The van der Waals surface area contributed by atoms with E-state index in [-0.39, 0.29) is 5.92 Å². The summed E-state index contributed by atoms with van der Waals surface area (Å²) < 4.78 is 25.8. The third kappa shape index (κ3) is 1.89. The number of carboxylic acids is 1. The van der Waals surface area contributed by atoms with Gasteiger partial charge in [0.25, 0.3) is 0 Å². The van der Waals surface area contributed by atoms with E-state index in [1.54, 1.807) is 0 Å². The Hall–Kier alpha value is -1.04. The fraction of sp³-hybridized carbons (Fsp3) is 0.500. The normalized spacial score (nSPS) is 12.1. The quantitative estimate of drug-likeness (QED) is 0.852. The molecule has 3 nitrogen and oxygen atoms in total. The summed E-state index contributed by atoms with van der Waals surface area (Å²) in [6.45, 7) is 3.61. The zero-order valence-electron chi connectivity index (χ0n) is 7.62. The molecule has 1 heterocycles. The molecule has 1 aromatic rings. The lowest BCUT2D eigenvalue weighted by Gasteiger charge is -2.06. The van der Waals surface area contributed by atoms with Crippen molar-refractivity contribution in [3.05, 3.63) is 16.1 Å². The average molecular weight is 221 g/mol. The van der Waals surface area contributed by atoms with Crippen molar-refractivity contribution in [3.63, 3.8) is 0 Å². The Labute approximate surface area is 83.4 Å². The van der Waals surface area contributed by atoms with Crippen LogP contribution in [0.1, 0.15) is 30.5 Å². The van der Waals surface area contributed by atoms with Crippen molar-refractivity contribution in [2.75, 3.05) is 0 Å². The van der Waals surface area contributed by atoms with Crippen LogP contribution in [0.2, 0.25) is 0 Å². The monoisotopic (exact) mass is 221 g/mol. The van der Waals surface area contributed by atoms with Crippen LogP contribution in [0.5, 0.6) is 0 Å². The maximum Gasteiger partial charge on any atom is 0.385 e. The molecule has 14 heavy (non-hydrogen) atoms. The lowest BCUT2D eigenvalue weighted by atomic mass is 10.2. The van der Waals surface area contributed by atoms with E-state index in [1.165, 1.54) is 0 Å². The first-order chi connectivity index (χ1) is 6.35. The van der Waals surface area contributed by atoms with Crippen LogP contribution < -0.4 is 0 Å². The summed E-state index contributed by atoms with van der Waals surface area (Å²) >= 11 is 1.05. The first-order valence-electron chi connectivity index (χ1n) is 3.92. The third-order valence-electron chi connectivity index (χ3n) is 1.61. The highest BCUT2D eigenvalue weighted by molar-refractivity contribution is 7.09. The Balaban J connectivity index is 3.03. The predicted molar refractivity (Wildman–Crippen MR) is 47.7 cm³/mol. The van der Waals surface area contributed by atoms with Crippen LogP contribution in [0, 0.1) is 0 Å². The van der Waals surface area contributed by atoms with E-state index in [9.17, 15) is 13.6 Å². The molecule has 0 aliphatic heterocycles. The van der Waals surface area contributed by atoms with Crippen molar-refractivity contribution in [3.8, 4) is 0 Å². The third-order valence-corrected chi connectivity index (χ3v) is 2.75. The van der Waals surface area contributed by atoms with E-state index in [4.69, 9.17) is 5.11 Å². The molecule has 1 N–H and O–H groups in total. The van der Waals surface area contributed by atoms with E-state index in [2.05, 4.69) is 4.98 Å². The summed E-state index contributed by atoms with van der Waals surface area (Å²) in [6.07, 6.45) is 0. The topological polar surface area (TPSA) is 50.2 Å². The van der Waals surface area contributed by atoms with Crippen LogP contribution >= 0.6 is 11.3 Å². The Bertz CT molecular complexity index is 349. The van der Waals surface area contributed by atoms with Crippen molar-refractivity contribution >= 4 is 17.3 Å². The highest BCUT2D eigenvalue weighted by Gasteiger charge is 2.43. The summed E-state index contributed by atoms with van der Waals surface area (Å²) in [5, 5.41) is 9.86. The number of thiazole rings is 1. The van der Waals surface area contributed by atoms with Gasteiger partial charge in [-0.1, -0.05) is 13.8 Å². The Morgan fingerprint density at radius 3 is 2.57 bits per heavy atom. The van der Waals surface area contributed by atoms with Gasteiger partial charge in [0.1, 0.15) is 5.69 Å². The molecule has 78 valence electrons. The number of carbonyl (C=O) groups is 1. The van der Waals surface area contributed by atoms with Gasteiger partial charge in [-0.05, 0) is 0 Å². The average Bonchev–Trinajstić information content (AvgIpc) is 2.51. The molecule has 1 aromatic heterocycles. The first-order valence-corrected chi connectivity index (χ1v) is 4.80. The predicted octanol–water partition coefficient (Wildman–Crippen LogP) is 2.44. The maximum absolute atomic E-state index is 12.9. The van der Waals surface area contributed by atoms with Gasteiger partial charge in [-0.15, -0.1) is 11.3 Å². The van der Waals surface area contributed by atoms with Crippen LogP contribution in [0.4, 0.5) is 8.78 Å². The van der Waals surface area contributed by atoms with Gasteiger partial charge in [0.15, 0.2) is 0 Å². The second-order valence-corrected chi connectivity index (χ2v) is 3.99. The van der Waals surface area contributed by atoms with Gasteiger partial charge in [-0.3, -0.25) is 0 Å². The Morgan fingerprint density at radius 1 is 1.64 bits per heavy atom. The lowest BCUT2D eigenvalue weighted by molar-refractivity contribution is -0.166. The van der Waals surface area contributed by atoms with Crippen molar-refractivity contribution in [1.82, 2.24) is 4.98 Å². The minimum Gasteiger partial charge on any atom is -0.476 e. The van der Waals surface area contributed by atoms with Gasteiger partial charge in [0, 0.05) is 11.3 Å². The molecule has 0 spiro atoms. The molecule has 0 amide bonds. The van der Waals surface area contributed by atoms with Crippen LogP contribution in [0.25, 0.3) is 0 Å². The van der Waals surface area contributed by atoms with Gasteiger partial charge in [0.05, 0.1) is 5.01 Å². The SMILES string of the molecule is CC(C)c1nc(C(F)(F)C(=O)O)cs1. The van der Waals surface area contributed by atoms with Crippen molar-refractivity contribution in [2.45, 2.75) is 25.7 Å². The summed E-state index contributed by atoms with van der Waals surface area (Å²) in [7, 11) is 0. The molecule has 0 saturated heterocycles. The summed E-state index contributed by atoms with van der Waals surface area (Å²) in [6, 6.07) is 0. The minimum absolute atomic E-state index is 0.0262. The van der Waals surface area contributed by atoms with Crippen LogP contribution in [-0.2, 0) is 10.7 Å². The first kappa shape index (κ1) is 11.0. The van der Waals surface area contributed by atoms with E-state index >= 15 is 0 Å². The molecule has 0 aliphatic carbocycles. The Morgan fingerprint density at radius 2 is 2.21 bits per heavy atom. The number of carboxylic acid groups (broad SMARTS) is 1. The molecule has 0 aliphatic rings. The molecule has 0 aromatic carbocycles. The standard InChI is InChI=1S/C8H9F2NO2S/c1-4(2)6-11-5(3-14-6)8(9,10)7(12)13/h3-4H,1-2H3,(H,12,13). The molecule has 0 saturated carbocycles. The molecule has 6 heteroatoms. The van der Waals surface area contributed by atoms with Crippen LogP contribution in [0.3, 0.4) is 0 Å². The van der Waals surface area contributed by atoms with E-state index in [1.807, 2.05) is 13.8 Å². The number of aromatic nitrogens is 1. The number of hydrogen-bond acceptors (Lipinski definition) is 3. The van der Waals surface area contributed by atoms with Gasteiger partial charge < -0.3 is 5.11 Å². The fourth-order valence-corrected chi connectivity index (χ4v) is 1.66. The summed E-state index contributed by atoms with van der Waals surface area (Å²) in [4.78, 5) is 13.8. The van der Waals surface area contributed by atoms with Gasteiger partial charge in [-0.2, -0.15) is 8.78 Å². The van der Waals surface area contributed by atoms with Gasteiger partial charge >= 0.3 is 11.9 Å². The maximum atomic E-state index is 12.9. The molecule has 0 radical (unpaired) electrons. The zero-order chi connectivity index (χ0) is 10.9. The molecule has 0 bridgehead atoms. The van der Waals surface area contributed by atoms with E-state index in [0.717, 1.165) is 16.7 Å². The van der Waals surface area contributed by atoms with Crippen molar-refractivity contribution in [1.29, 1.82) is 0 Å². The molecule has 1 rings (SSSR count). The highest BCUT2D eigenvalue weighted by Crippen LogP contribution is 2.31. The number of nitrogens with zero attached hydrogens (tertiary/aromatic N) is 1. The second kappa shape index (κ2) is 3.61. The van der Waals surface area contributed by atoms with Crippen LogP contribution in [-0.4, -0.2) is 16.1 Å². The molecule has 0 fully saturated rings.